The number of aryl methyl sites for hydroxylation is 1. The van der Waals surface area contributed by atoms with Crippen LogP contribution in [0.25, 0.3) is 0 Å². The summed E-state index contributed by atoms with van der Waals surface area (Å²) in [5, 5.41) is 69.4. The highest BCUT2D eigenvalue weighted by Gasteiger charge is 2.45. The lowest BCUT2D eigenvalue weighted by Crippen LogP contribution is -2.60. The van der Waals surface area contributed by atoms with Gasteiger partial charge in [0.25, 0.3) is 0 Å². The number of aliphatic hydroxyl groups is 6. The minimum Gasteiger partial charge on any atom is -0.504 e. The minimum atomic E-state index is -1.59. The van der Waals surface area contributed by atoms with Gasteiger partial charge in [-0.3, -0.25) is 0 Å². The number of ether oxygens (including phenoxy) is 4. The number of phenolic OH excluding ortho intramolecular Hbond substituents is 1. The summed E-state index contributed by atoms with van der Waals surface area (Å²) >= 11 is 0. The SMILES string of the molecule is COc1cc([C@@H]2Oc3c(O)cc(CCCO)cc3[C@H]2CO)ccc1O[C@@H]1O[C@@H](CO)[C@@H](O)[C@@H](O)[C@@H]1O. The third-order valence-electron chi connectivity index (χ3n) is 6.60. The molecule has 0 saturated carbocycles. The van der Waals surface area contributed by atoms with Crippen molar-refractivity contribution in [3.8, 4) is 23.0 Å². The first kappa shape index (κ1) is 26.4. The van der Waals surface area contributed by atoms with Crippen molar-refractivity contribution in [3.63, 3.8) is 0 Å². The number of aromatic hydroxyl groups is 1. The highest BCUT2D eigenvalue weighted by Crippen LogP contribution is 2.51. The molecule has 2 aliphatic heterocycles. The first-order chi connectivity index (χ1) is 17.3. The van der Waals surface area contributed by atoms with E-state index in [9.17, 15) is 30.6 Å². The Morgan fingerprint density at radius 3 is 2.36 bits per heavy atom. The van der Waals surface area contributed by atoms with Crippen molar-refractivity contribution < 1.29 is 54.7 Å². The van der Waals surface area contributed by atoms with Crippen LogP contribution < -0.4 is 14.2 Å². The third kappa shape index (κ3) is 4.96. The fourth-order valence-corrected chi connectivity index (χ4v) is 4.64. The quantitative estimate of drug-likeness (QED) is 0.237. The number of benzene rings is 2. The van der Waals surface area contributed by atoms with E-state index >= 15 is 0 Å². The minimum absolute atomic E-state index is 0.0255. The second kappa shape index (κ2) is 11.2. The molecule has 1 saturated heterocycles. The van der Waals surface area contributed by atoms with Gasteiger partial charge in [-0.15, -0.1) is 0 Å². The molecule has 11 heteroatoms. The molecule has 2 aromatic carbocycles. The Balaban J connectivity index is 1.58. The van der Waals surface area contributed by atoms with Crippen molar-refractivity contribution in [1.29, 1.82) is 0 Å². The van der Waals surface area contributed by atoms with Crippen molar-refractivity contribution in [2.75, 3.05) is 26.9 Å². The monoisotopic (exact) mass is 508 g/mol. The molecule has 0 unspecified atom stereocenters. The number of hydrogen-bond acceptors (Lipinski definition) is 11. The Bertz CT molecular complexity index is 1040. The van der Waals surface area contributed by atoms with Crippen LogP contribution in [0, 0.1) is 0 Å². The summed E-state index contributed by atoms with van der Waals surface area (Å²) in [7, 11) is 1.41. The van der Waals surface area contributed by atoms with E-state index in [2.05, 4.69) is 0 Å². The smallest absolute Gasteiger partial charge is 0.229 e. The molecular weight excluding hydrogens is 476 g/mol. The highest BCUT2D eigenvalue weighted by atomic mass is 16.7. The van der Waals surface area contributed by atoms with Gasteiger partial charge < -0.3 is 54.7 Å². The highest BCUT2D eigenvalue weighted by molar-refractivity contribution is 5.55. The van der Waals surface area contributed by atoms with E-state index in [0.717, 1.165) is 5.56 Å². The Morgan fingerprint density at radius 2 is 1.69 bits per heavy atom. The lowest BCUT2D eigenvalue weighted by atomic mass is 9.90. The molecule has 11 nitrogen and oxygen atoms in total. The van der Waals surface area contributed by atoms with E-state index in [0.29, 0.717) is 24.0 Å². The molecule has 198 valence electrons. The first-order valence-corrected chi connectivity index (χ1v) is 11.7. The summed E-state index contributed by atoms with van der Waals surface area (Å²) in [5.41, 5.74) is 2.11. The molecular formula is C25H32O11. The van der Waals surface area contributed by atoms with Crippen molar-refractivity contribution in [2.24, 2.45) is 0 Å². The molecule has 0 spiro atoms. The first-order valence-electron chi connectivity index (χ1n) is 11.7. The molecule has 2 aromatic rings. The number of hydrogen-bond donors (Lipinski definition) is 7. The van der Waals surface area contributed by atoms with Crippen LogP contribution in [0.1, 0.15) is 35.1 Å². The number of methoxy groups -OCH3 is 1. The van der Waals surface area contributed by atoms with Gasteiger partial charge in [-0.05, 0) is 42.2 Å². The Labute approximate surface area is 207 Å². The topological polar surface area (TPSA) is 179 Å². The van der Waals surface area contributed by atoms with Gasteiger partial charge in [0.1, 0.15) is 30.5 Å². The molecule has 0 amide bonds. The summed E-state index contributed by atoms with van der Waals surface area (Å²) in [5.74, 6) is 0.176. The van der Waals surface area contributed by atoms with Gasteiger partial charge >= 0.3 is 0 Å². The van der Waals surface area contributed by atoms with E-state index in [1.54, 1.807) is 24.3 Å². The molecule has 0 radical (unpaired) electrons. The summed E-state index contributed by atoms with van der Waals surface area (Å²) < 4.78 is 22.6. The van der Waals surface area contributed by atoms with Crippen molar-refractivity contribution in [2.45, 2.75) is 55.6 Å². The van der Waals surface area contributed by atoms with E-state index in [4.69, 9.17) is 24.1 Å². The third-order valence-corrected chi connectivity index (χ3v) is 6.60. The maximum absolute atomic E-state index is 10.5. The second-order valence-electron chi connectivity index (χ2n) is 8.91. The van der Waals surface area contributed by atoms with Crippen LogP contribution in [-0.4, -0.2) is 93.4 Å². The average Bonchev–Trinajstić information content (AvgIpc) is 3.27. The molecule has 4 rings (SSSR count). The Morgan fingerprint density at radius 1 is 0.917 bits per heavy atom. The summed E-state index contributed by atoms with van der Waals surface area (Å²) in [4.78, 5) is 0. The van der Waals surface area contributed by atoms with Crippen molar-refractivity contribution >= 4 is 0 Å². The summed E-state index contributed by atoms with van der Waals surface area (Å²) in [6.07, 6.45) is -6.71. The van der Waals surface area contributed by atoms with Crippen molar-refractivity contribution in [3.05, 3.63) is 47.0 Å². The number of fused-ring (bicyclic) bond motifs is 1. The van der Waals surface area contributed by atoms with Crippen LogP contribution in [-0.2, 0) is 11.2 Å². The van der Waals surface area contributed by atoms with E-state index in [-0.39, 0.29) is 36.2 Å². The van der Waals surface area contributed by atoms with Crippen LogP contribution >= 0.6 is 0 Å². The normalized spacial score (nSPS) is 29.5. The fraction of sp³-hybridized carbons (Fsp3) is 0.520. The molecule has 7 N–H and O–H groups in total. The molecule has 1 fully saturated rings. The number of phenols is 1. The summed E-state index contributed by atoms with van der Waals surface area (Å²) in [6.45, 7) is -0.804. The number of aliphatic hydroxyl groups excluding tert-OH is 6. The lowest BCUT2D eigenvalue weighted by Gasteiger charge is -2.39. The maximum atomic E-state index is 10.5. The number of rotatable bonds is 9. The molecule has 0 bridgehead atoms. The van der Waals surface area contributed by atoms with Crippen LogP contribution in [0.4, 0.5) is 0 Å². The maximum Gasteiger partial charge on any atom is 0.229 e. The van der Waals surface area contributed by atoms with Gasteiger partial charge in [0.05, 0.1) is 26.2 Å². The lowest BCUT2D eigenvalue weighted by molar-refractivity contribution is -0.277. The average molecular weight is 509 g/mol. The van der Waals surface area contributed by atoms with Gasteiger partial charge in [-0.25, -0.2) is 0 Å². The standard InChI is InChI=1S/C25H32O11/c1-33-18-9-13(4-5-17(18)34-25-22(32)21(31)20(30)19(11-28)35-25)23-15(10-27)14-7-12(3-2-6-26)8-16(29)24(14)36-23/h4-5,7-9,15,19-23,25-32H,2-3,6,10-11H2,1H3/t15-,19+,20-,21-,22+,23+,25-/m1/s1. The van der Waals surface area contributed by atoms with Crippen LogP contribution in [0.2, 0.25) is 0 Å². The van der Waals surface area contributed by atoms with Gasteiger partial charge in [-0.2, -0.15) is 0 Å². The predicted octanol–water partition coefficient (Wildman–Crippen LogP) is -0.286. The Hall–Kier alpha value is -2.64. The van der Waals surface area contributed by atoms with Gasteiger partial charge in [-0.1, -0.05) is 12.1 Å². The van der Waals surface area contributed by atoms with E-state index in [1.807, 2.05) is 6.07 Å². The van der Waals surface area contributed by atoms with Gasteiger partial charge in [0, 0.05) is 12.2 Å². The van der Waals surface area contributed by atoms with Crippen LogP contribution in [0.3, 0.4) is 0 Å². The fourth-order valence-electron chi connectivity index (χ4n) is 4.64. The van der Waals surface area contributed by atoms with E-state index in [1.165, 1.54) is 7.11 Å². The second-order valence-corrected chi connectivity index (χ2v) is 8.91. The molecule has 2 heterocycles. The van der Waals surface area contributed by atoms with Crippen LogP contribution in [0.5, 0.6) is 23.0 Å². The van der Waals surface area contributed by atoms with Crippen molar-refractivity contribution in [1.82, 2.24) is 0 Å². The largest absolute Gasteiger partial charge is 0.504 e. The zero-order valence-electron chi connectivity index (χ0n) is 19.7. The van der Waals surface area contributed by atoms with Gasteiger partial charge in [0.15, 0.2) is 23.0 Å². The Kier molecular flexibility index (Phi) is 8.20. The van der Waals surface area contributed by atoms with E-state index < -0.39 is 49.3 Å². The zero-order chi connectivity index (χ0) is 26.0. The molecule has 2 aliphatic rings. The van der Waals surface area contributed by atoms with Gasteiger partial charge in [0.2, 0.25) is 6.29 Å². The van der Waals surface area contributed by atoms with Crippen LogP contribution in [0.15, 0.2) is 30.3 Å². The molecule has 36 heavy (non-hydrogen) atoms. The zero-order valence-corrected chi connectivity index (χ0v) is 19.7. The summed E-state index contributed by atoms with van der Waals surface area (Å²) in [6, 6.07) is 8.29. The predicted molar refractivity (Wildman–Crippen MR) is 124 cm³/mol. The molecule has 0 aromatic heterocycles. The molecule has 7 atom stereocenters. The molecule has 0 aliphatic carbocycles.